The van der Waals surface area contributed by atoms with E-state index in [2.05, 4.69) is 4.72 Å². The predicted molar refractivity (Wildman–Crippen MR) is 103 cm³/mol. The number of benzene rings is 2. The van der Waals surface area contributed by atoms with E-state index in [1.54, 1.807) is 55.5 Å². The van der Waals surface area contributed by atoms with E-state index in [9.17, 15) is 13.2 Å². The first-order chi connectivity index (χ1) is 12.5. The van der Waals surface area contributed by atoms with Crippen LogP contribution in [0.4, 0.5) is 5.69 Å². The van der Waals surface area contributed by atoms with Gasteiger partial charge in [-0.15, -0.1) is 0 Å². The van der Waals surface area contributed by atoms with E-state index in [-0.39, 0.29) is 10.8 Å². The van der Waals surface area contributed by atoms with Gasteiger partial charge in [0.25, 0.3) is 15.9 Å². The van der Waals surface area contributed by atoms with Crippen LogP contribution in [0.25, 0.3) is 0 Å². The van der Waals surface area contributed by atoms with Crippen molar-refractivity contribution in [3.63, 3.8) is 0 Å². The molecule has 0 aliphatic carbocycles. The van der Waals surface area contributed by atoms with Gasteiger partial charge in [0.05, 0.1) is 10.6 Å². The molecule has 138 valence electrons. The normalized spacial score (nSPS) is 15.3. The zero-order chi connectivity index (χ0) is 18.6. The van der Waals surface area contributed by atoms with Crippen molar-refractivity contribution < 1.29 is 13.2 Å². The van der Waals surface area contributed by atoms with Crippen LogP contribution in [0.3, 0.4) is 0 Å². The average molecular weight is 372 g/mol. The molecule has 0 radical (unpaired) electrons. The van der Waals surface area contributed by atoms with Crippen LogP contribution in [0.15, 0.2) is 53.4 Å². The highest BCUT2D eigenvalue weighted by Gasteiger charge is 2.21. The molecule has 1 aliphatic rings. The number of hydrogen-bond donors (Lipinski definition) is 1. The van der Waals surface area contributed by atoms with Crippen LogP contribution in [0.1, 0.15) is 41.6 Å². The molecule has 3 rings (SSSR count). The van der Waals surface area contributed by atoms with Crippen LogP contribution in [-0.4, -0.2) is 32.3 Å². The van der Waals surface area contributed by atoms with Crippen LogP contribution >= 0.6 is 0 Å². The summed E-state index contributed by atoms with van der Waals surface area (Å²) in [5.74, 6) is -0.0230. The van der Waals surface area contributed by atoms with Crippen molar-refractivity contribution in [2.45, 2.75) is 37.5 Å². The topological polar surface area (TPSA) is 66.5 Å². The predicted octanol–water partition coefficient (Wildman–Crippen LogP) is 3.81. The van der Waals surface area contributed by atoms with Gasteiger partial charge in [0, 0.05) is 18.7 Å². The lowest BCUT2D eigenvalue weighted by Gasteiger charge is -2.22. The van der Waals surface area contributed by atoms with Crippen LogP contribution in [-0.2, 0) is 10.0 Å². The third kappa shape index (κ3) is 4.07. The standard InChI is InChI=1S/C20H24N2O3S/c1-16-18(20(23)22-14-7-2-3-8-15-22)12-9-13-19(16)21-26(24,25)17-10-5-4-6-11-17/h4-6,9-13,21H,2-3,7-8,14-15H2,1H3. The highest BCUT2D eigenvalue weighted by atomic mass is 32.2. The number of nitrogens with one attached hydrogen (secondary N) is 1. The van der Waals surface area contributed by atoms with Gasteiger partial charge in [0.2, 0.25) is 0 Å². The van der Waals surface area contributed by atoms with Crippen LogP contribution < -0.4 is 4.72 Å². The van der Waals surface area contributed by atoms with Crippen molar-refractivity contribution in [1.82, 2.24) is 4.90 Å². The molecule has 1 saturated heterocycles. The molecule has 26 heavy (non-hydrogen) atoms. The van der Waals surface area contributed by atoms with Gasteiger partial charge in [-0.05, 0) is 49.6 Å². The SMILES string of the molecule is Cc1c(NS(=O)(=O)c2ccccc2)cccc1C(=O)N1CCCCCC1. The van der Waals surface area contributed by atoms with Crippen LogP contribution in [0.5, 0.6) is 0 Å². The Bertz CT molecular complexity index is 871. The van der Waals surface area contributed by atoms with Gasteiger partial charge in [0.1, 0.15) is 0 Å². The van der Waals surface area contributed by atoms with Crippen LogP contribution in [0.2, 0.25) is 0 Å². The number of amides is 1. The van der Waals surface area contributed by atoms with Crippen molar-refractivity contribution >= 4 is 21.6 Å². The fourth-order valence-corrected chi connectivity index (χ4v) is 4.37. The van der Waals surface area contributed by atoms with E-state index in [0.717, 1.165) is 38.8 Å². The number of sulfonamides is 1. The smallest absolute Gasteiger partial charge is 0.261 e. The summed E-state index contributed by atoms with van der Waals surface area (Å²) in [6.07, 6.45) is 4.34. The Morgan fingerprint density at radius 3 is 2.23 bits per heavy atom. The Morgan fingerprint density at radius 2 is 1.58 bits per heavy atom. The van der Waals surface area contributed by atoms with E-state index in [1.165, 1.54) is 0 Å². The Morgan fingerprint density at radius 1 is 0.923 bits per heavy atom. The van der Waals surface area contributed by atoms with Crippen molar-refractivity contribution in [3.05, 3.63) is 59.7 Å². The number of rotatable bonds is 4. The fraction of sp³-hybridized carbons (Fsp3) is 0.350. The second kappa shape index (κ2) is 7.91. The maximum atomic E-state index is 12.9. The summed E-state index contributed by atoms with van der Waals surface area (Å²) in [7, 11) is -3.68. The lowest BCUT2D eigenvalue weighted by Crippen LogP contribution is -2.32. The minimum Gasteiger partial charge on any atom is -0.339 e. The molecule has 2 aromatic carbocycles. The minimum absolute atomic E-state index is 0.0230. The molecule has 0 unspecified atom stereocenters. The van der Waals surface area contributed by atoms with E-state index >= 15 is 0 Å². The van der Waals surface area contributed by atoms with Crippen molar-refractivity contribution in [2.24, 2.45) is 0 Å². The highest BCUT2D eigenvalue weighted by Crippen LogP contribution is 2.24. The van der Waals surface area contributed by atoms with Gasteiger partial charge in [-0.3, -0.25) is 9.52 Å². The lowest BCUT2D eigenvalue weighted by molar-refractivity contribution is 0.0761. The molecular formula is C20H24N2O3S. The first-order valence-electron chi connectivity index (χ1n) is 8.96. The van der Waals surface area contributed by atoms with Crippen molar-refractivity contribution in [1.29, 1.82) is 0 Å². The summed E-state index contributed by atoms with van der Waals surface area (Å²) in [6, 6.07) is 13.4. The Balaban J connectivity index is 1.86. The van der Waals surface area contributed by atoms with Gasteiger partial charge in [-0.1, -0.05) is 37.1 Å². The van der Waals surface area contributed by atoms with E-state index in [4.69, 9.17) is 0 Å². The second-order valence-corrected chi connectivity index (χ2v) is 8.29. The summed E-state index contributed by atoms with van der Waals surface area (Å²) in [4.78, 5) is 15.0. The first-order valence-corrected chi connectivity index (χ1v) is 10.4. The molecule has 0 atom stereocenters. The molecule has 0 saturated carbocycles. The van der Waals surface area contributed by atoms with Gasteiger partial charge < -0.3 is 4.90 Å². The molecule has 1 aliphatic heterocycles. The maximum Gasteiger partial charge on any atom is 0.261 e. The highest BCUT2D eigenvalue weighted by molar-refractivity contribution is 7.92. The molecule has 0 aromatic heterocycles. The van der Waals surface area contributed by atoms with Gasteiger partial charge >= 0.3 is 0 Å². The largest absolute Gasteiger partial charge is 0.339 e. The van der Waals surface area contributed by atoms with Gasteiger partial charge in [-0.2, -0.15) is 0 Å². The van der Waals surface area contributed by atoms with Crippen LogP contribution in [0, 0.1) is 6.92 Å². The second-order valence-electron chi connectivity index (χ2n) is 6.60. The Labute approximate surface area is 155 Å². The summed E-state index contributed by atoms with van der Waals surface area (Å²) in [6.45, 7) is 3.31. The third-order valence-corrected chi connectivity index (χ3v) is 6.14. The minimum atomic E-state index is -3.68. The summed E-state index contributed by atoms with van der Waals surface area (Å²) >= 11 is 0. The number of nitrogens with zero attached hydrogens (tertiary/aromatic N) is 1. The summed E-state index contributed by atoms with van der Waals surface area (Å²) < 4.78 is 27.8. The van der Waals surface area contributed by atoms with Crippen molar-refractivity contribution in [2.75, 3.05) is 17.8 Å². The number of carbonyl (C=O) groups is 1. The zero-order valence-corrected chi connectivity index (χ0v) is 15.8. The monoisotopic (exact) mass is 372 g/mol. The fourth-order valence-electron chi connectivity index (χ4n) is 3.23. The summed E-state index contributed by atoms with van der Waals surface area (Å²) in [5, 5.41) is 0. The molecule has 1 N–H and O–H groups in total. The molecule has 1 heterocycles. The van der Waals surface area contributed by atoms with Gasteiger partial charge in [-0.25, -0.2) is 8.42 Å². The van der Waals surface area contributed by atoms with Gasteiger partial charge in [0.15, 0.2) is 0 Å². The van der Waals surface area contributed by atoms with E-state index in [0.29, 0.717) is 16.8 Å². The average Bonchev–Trinajstić information content (AvgIpc) is 2.93. The summed E-state index contributed by atoms with van der Waals surface area (Å²) in [5.41, 5.74) is 1.65. The Hall–Kier alpha value is -2.34. The molecule has 6 heteroatoms. The molecule has 0 bridgehead atoms. The lowest BCUT2D eigenvalue weighted by atomic mass is 10.1. The number of hydrogen-bond acceptors (Lipinski definition) is 3. The molecule has 5 nitrogen and oxygen atoms in total. The van der Waals surface area contributed by atoms with E-state index in [1.807, 2.05) is 4.90 Å². The first kappa shape index (κ1) is 18.5. The third-order valence-electron chi connectivity index (χ3n) is 4.76. The number of likely N-dealkylation sites (tertiary alicyclic amines) is 1. The molecule has 1 amide bonds. The number of carbonyl (C=O) groups excluding carboxylic acids is 1. The van der Waals surface area contributed by atoms with E-state index < -0.39 is 10.0 Å². The number of anilines is 1. The Kier molecular flexibility index (Phi) is 5.61. The molecule has 2 aromatic rings. The maximum absolute atomic E-state index is 12.9. The molecule has 1 fully saturated rings. The quantitative estimate of drug-likeness (QED) is 0.887. The molecule has 0 spiro atoms. The van der Waals surface area contributed by atoms with Crippen molar-refractivity contribution in [3.8, 4) is 0 Å². The molecular weight excluding hydrogens is 348 g/mol. The zero-order valence-electron chi connectivity index (χ0n) is 14.9.